The summed E-state index contributed by atoms with van der Waals surface area (Å²) in [6, 6.07) is 8.47. The predicted octanol–water partition coefficient (Wildman–Crippen LogP) is 2.02. The van der Waals surface area contributed by atoms with Gasteiger partial charge >= 0.3 is 0 Å². The lowest BCUT2D eigenvalue weighted by Crippen LogP contribution is -2.05. The first kappa shape index (κ1) is 7.77. The van der Waals surface area contributed by atoms with E-state index in [-0.39, 0.29) is 0 Å². The van der Waals surface area contributed by atoms with Gasteiger partial charge in [0.2, 0.25) is 9.76 Å². The number of hydrogen-bond donors (Lipinski definition) is 0. The quantitative estimate of drug-likeness (QED) is 0.623. The summed E-state index contributed by atoms with van der Waals surface area (Å²) >= 11 is 0. The van der Waals surface area contributed by atoms with E-state index < -0.39 is 0 Å². The molecule has 0 fully saturated rings. The topological polar surface area (TPSA) is 9.23 Å². The highest BCUT2D eigenvalue weighted by Crippen LogP contribution is 2.28. The molecule has 0 saturated carbocycles. The van der Waals surface area contributed by atoms with Crippen LogP contribution < -0.4 is 0 Å². The minimum Gasteiger partial charge on any atom is -0.420 e. The molecule has 0 aromatic heterocycles. The van der Waals surface area contributed by atoms with Crippen LogP contribution in [0.5, 0.6) is 0 Å². The maximum atomic E-state index is 5.16. The SMILES string of the molecule is CO[Si]C1C=Cc2ccccc21. The monoisotopic (exact) mass is 174 g/mol. The molecule has 60 valence electrons. The third-order valence-electron chi connectivity index (χ3n) is 2.04. The molecule has 2 radical (unpaired) electrons. The number of rotatable bonds is 2. The highest BCUT2D eigenvalue weighted by Gasteiger charge is 2.17. The third-order valence-corrected chi connectivity index (χ3v) is 3.04. The highest BCUT2D eigenvalue weighted by molar-refractivity contribution is 6.31. The Balaban J connectivity index is 2.30. The molecular weight excluding hydrogens is 164 g/mol. The van der Waals surface area contributed by atoms with E-state index in [0.717, 1.165) is 0 Å². The smallest absolute Gasteiger partial charge is 0.241 e. The van der Waals surface area contributed by atoms with Crippen molar-refractivity contribution in [2.75, 3.05) is 7.11 Å². The van der Waals surface area contributed by atoms with E-state index in [9.17, 15) is 0 Å². The molecule has 0 heterocycles. The molecule has 1 aliphatic rings. The zero-order valence-corrected chi connectivity index (χ0v) is 7.95. The Bertz CT molecular complexity index is 306. The number of allylic oxidation sites excluding steroid dienone is 1. The first-order valence-corrected chi connectivity index (χ1v) is 4.96. The molecule has 1 aliphatic carbocycles. The first-order chi connectivity index (χ1) is 5.92. The van der Waals surface area contributed by atoms with E-state index in [1.165, 1.54) is 11.1 Å². The van der Waals surface area contributed by atoms with Crippen LogP contribution in [-0.4, -0.2) is 16.9 Å². The molecule has 1 aromatic rings. The predicted molar refractivity (Wildman–Crippen MR) is 51.0 cm³/mol. The van der Waals surface area contributed by atoms with Crippen LogP contribution in [0.4, 0.5) is 0 Å². The Kier molecular flexibility index (Phi) is 2.10. The van der Waals surface area contributed by atoms with Crippen LogP contribution >= 0.6 is 0 Å². The van der Waals surface area contributed by atoms with E-state index in [2.05, 4.69) is 36.4 Å². The first-order valence-electron chi connectivity index (χ1n) is 3.97. The fourth-order valence-corrected chi connectivity index (χ4v) is 2.30. The van der Waals surface area contributed by atoms with Crippen molar-refractivity contribution in [2.45, 2.75) is 5.54 Å². The Morgan fingerprint density at radius 2 is 2.17 bits per heavy atom. The number of hydrogen-bond acceptors (Lipinski definition) is 1. The van der Waals surface area contributed by atoms with Gasteiger partial charge in [-0.25, -0.2) is 0 Å². The lowest BCUT2D eigenvalue weighted by atomic mass is 10.1. The Hall–Kier alpha value is -0.863. The van der Waals surface area contributed by atoms with Gasteiger partial charge in [0.05, 0.1) is 0 Å². The number of benzene rings is 1. The standard InChI is InChI=1S/C10H10OSi/c1-11-12-10-7-6-8-4-2-3-5-9(8)10/h2-7,10H,1H3. The van der Waals surface area contributed by atoms with Crippen molar-refractivity contribution in [1.82, 2.24) is 0 Å². The van der Waals surface area contributed by atoms with E-state index in [1.807, 2.05) is 0 Å². The zero-order chi connectivity index (χ0) is 8.39. The summed E-state index contributed by atoms with van der Waals surface area (Å²) in [4.78, 5) is 0. The summed E-state index contributed by atoms with van der Waals surface area (Å²) in [5, 5.41) is 0. The fraction of sp³-hybridized carbons (Fsp3) is 0.200. The van der Waals surface area contributed by atoms with Crippen LogP contribution in [0.15, 0.2) is 30.3 Å². The molecule has 0 saturated heterocycles. The fourth-order valence-electron chi connectivity index (χ4n) is 1.48. The molecule has 0 N–H and O–H groups in total. The van der Waals surface area contributed by atoms with Crippen LogP contribution in [0.25, 0.3) is 6.08 Å². The van der Waals surface area contributed by atoms with Crippen molar-refractivity contribution in [2.24, 2.45) is 0 Å². The van der Waals surface area contributed by atoms with Crippen LogP contribution in [0.1, 0.15) is 16.7 Å². The van der Waals surface area contributed by atoms with Gasteiger partial charge in [-0.05, 0) is 11.1 Å². The Morgan fingerprint density at radius 3 is 3.00 bits per heavy atom. The van der Waals surface area contributed by atoms with Gasteiger partial charge < -0.3 is 4.43 Å². The molecule has 12 heavy (non-hydrogen) atoms. The third kappa shape index (κ3) is 1.23. The van der Waals surface area contributed by atoms with Crippen LogP contribution in [0, 0.1) is 0 Å². The summed E-state index contributed by atoms with van der Waals surface area (Å²) in [6.07, 6.45) is 4.39. The highest BCUT2D eigenvalue weighted by atomic mass is 28.2. The van der Waals surface area contributed by atoms with E-state index in [1.54, 1.807) is 7.11 Å². The van der Waals surface area contributed by atoms with Crippen molar-refractivity contribution in [3.05, 3.63) is 41.5 Å². The van der Waals surface area contributed by atoms with Gasteiger partial charge in [0, 0.05) is 12.7 Å². The molecule has 0 spiro atoms. The molecule has 1 nitrogen and oxygen atoms in total. The average Bonchev–Trinajstić information content (AvgIpc) is 2.50. The molecular formula is C10H10OSi. The van der Waals surface area contributed by atoms with Crippen molar-refractivity contribution in [1.29, 1.82) is 0 Å². The van der Waals surface area contributed by atoms with Gasteiger partial charge in [-0.3, -0.25) is 0 Å². The van der Waals surface area contributed by atoms with Crippen molar-refractivity contribution in [3.63, 3.8) is 0 Å². The van der Waals surface area contributed by atoms with Crippen molar-refractivity contribution in [3.8, 4) is 0 Å². The van der Waals surface area contributed by atoms with Gasteiger partial charge in [-0.1, -0.05) is 36.4 Å². The second-order valence-corrected chi connectivity index (χ2v) is 4.05. The summed E-state index contributed by atoms with van der Waals surface area (Å²) in [5.74, 6) is 0. The summed E-state index contributed by atoms with van der Waals surface area (Å²) in [7, 11) is 2.31. The molecule has 1 unspecified atom stereocenters. The lowest BCUT2D eigenvalue weighted by molar-refractivity contribution is 0.437. The van der Waals surface area contributed by atoms with Gasteiger partial charge in [0.25, 0.3) is 0 Å². The van der Waals surface area contributed by atoms with Gasteiger partial charge in [0.1, 0.15) is 0 Å². The van der Waals surface area contributed by atoms with Crippen LogP contribution in [0.3, 0.4) is 0 Å². The molecule has 0 aliphatic heterocycles. The summed E-state index contributed by atoms with van der Waals surface area (Å²) < 4.78 is 5.16. The van der Waals surface area contributed by atoms with Crippen molar-refractivity contribution >= 4 is 15.8 Å². The minimum atomic E-state index is 0.492. The maximum Gasteiger partial charge on any atom is 0.241 e. The largest absolute Gasteiger partial charge is 0.420 e. The normalized spacial score (nSPS) is 19.6. The second-order valence-electron chi connectivity index (χ2n) is 2.79. The zero-order valence-electron chi connectivity index (χ0n) is 6.95. The summed E-state index contributed by atoms with van der Waals surface area (Å²) in [5.41, 5.74) is 3.23. The second kappa shape index (κ2) is 3.25. The van der Waals surface area contributed by atoms with Crippen LogP contribution in [-0.2, 0) is 4.43 Å². The van der Waals surface area contributed by atoms with Gasteiger partial charge in [0.15, 0.2) is 0 Å². The van der Waals surface area contributed by atoms with E-state index >= 15 is 0 Å². The van der Waals surface area contributed by atoms with Gasteiger partial charge in [-0.2, -0.15) is 0 Å². The van der Waals surface area contributed by atoms with E-state index in [4.69, 9.17) is 4.43 Å². The average molecular weight is 174 g/mol. The lowest BCUT2D eigenvalue weighted by Gasteiger charge is -2.06. The van der Waals surface area contributed by atoms with Crippen molar-refractivity contribution < 1.29 is 4.43 Å². The molecule has 0 bridgehead atoms. The maximum absolute atomic E-state index is 5.16. The number of fused-ring (bicyclic) bond motifs is 1. The minimum absolute atomic E-state index is 0.492. The molecule has 2 heteroatoms. The van der Waals surface area contributed by atoms with E-state index in [0.29, 0.717) is 15.3 Å². The summed E-state index contributed by atoms with van der Waals surface area (Å²) in [6.45, 7) is 0. The Labute approximate surface area is 75.0 Å². The molecule has 1 aromatic carbocycles. The Morgan fingerprint density at radius 1 is 1.33 bits per heavy atom. The molecule has 1 atom stereocenters. The van der Waals surface area contributed by atoms with Crippen LogP contribution in [0.2, 0.25) is 0 Å². The molecule has 2 rings (SSSR count). The molecule has 0 amide bonds. The van der Waals surface area contributed by atoms with Gasteiger partial charge in [-0.15, -0.1) is 0 Å².